The number of aromatic nitrogens is 2. The summed E-state index contributed by atoms with van der Waals surface area (Å²) in [5.41, 5.74) is 0. The van der Waals surface area contributed by atoms with E-state index in [0.29, 0.717) is 18.1 Å². The normalized spacial score (nSPS) is 28.3. The van der Waals surface area contributed by atoms with Crippen molar-refractivity contribution >= 4 is 9.84 Å². The van der Waals surface area contributed by atoms with Gasteiger partial charge in [0.15, 0.2) is 15.7 Å². The summed E-state index contributed by atoms with van der Waals surface area (Å²) in [5, 5.41) is 6.65. The SMILES string of the molecule is O=S1(=O)CCCCC1c1noc(C2CCNCC2)n1. The predicted octanol–water partition coefficient (Wildman–Crippen LogP) is 1.18. The zero-order chi connectivity index (χ0) is 13.3. The first-order chi connectivity index (χ1) is 9.17. The van der Waals surface area contributed by atoms with E-state index in [1.165, 1.54) is 0 Å². The molecule has 0 aliphatic carbocycles. The molecule has 2 aliphatic heterocycles. The molecule has 0 saturated carbocycles. The van der Waals surface area contributed by atoms with Crippen LogP contribution in [0, 0.1) is 0 Å². The zero-order valence-corrected chi connectivity index (χ0v) is 11.7. The van der Waals surface area contributed by atoms with Crippen LogP contribution in [0.2, 0.25) is 0 Å². The van der Waals surface area contributed by atoms with Crippen LogP contribution < -0.4 is 5.32 Å². The Balaban J connectivity index is 1.80. The van der Waals surface area contributed by atoms with Crippen LogP contribution in [0.5, 0.6) is 0 Å². The fourth-order valence-corrected chi connectivity index (χ4v) is 4.69. The molecule has 3 rings (SSSR count). The van der Waals surface area contributed by atoms with Gasteiger partial charge in [0.25, 0.3) is 0 Å². The molecule has 2 aliphatic rings. The molecule has 1 aromatic heterocycles. The Labute approximate surface area is 112 Å². The van der Waals surface area contributed by atoms with Crippen LogP contribution >= 0.6 is 0 Å². The fourth-order valence-electron chi connectivity index (χ4n) is 2.86. The number of piperidine rings is 1. The second-order valence-electron chi connectivity index (χ2n) is 5.37. The van der Waals surface area contributed by atoms with Gasteiger partial charge in [0.2, 0.25) is 5.89 Å². The van der Waals surface area contributed by atoms with Gasteiger partial charge in [-0.15, -0.1) is 0 Å². The number of hydrogen-bond donors (Lipinski definition) is 1. The van der Waals surface area contributed by atoms with E-state index in [4.69, 9.17) is 4.52 Å². The largest absolute Gasteiger partial charge is 0.339 e. The number of rotatable bonds is 2. The van der Waals surface area contributed by atoms with Gasteiger partial charge in [-0.2, -0.15) is 4.98 Å². The monoisotopic (exact) mass is 285 g/mol. The average molecular weight is 285 g/mol. The third-order valence-corrected chi connectivity index (χ3v) is 6.18. The molecule has 7 heteroatoms. The first-order valence-electron chi connectivity index (χ1n) is 6.92. The molecule has 2 fully saturated rings. The minimum atomic E-state index is -3.09. The molecule has 3 heterocycles. The highest BCUT2D eigenvalue weighted by atomic mass is 32.2. The summed E-state index contributed by atoms with van der Waals surface area (Å²) in [5.74, 6) is 1.49. The van der Waals surface area contributed by atoms with E-state index in [-0.39, 0.29) is 11.7 Å². The first kappa shape index (κ1) is 13.1. The number of hydrogen-bond acceptors (Lipinski definition) is 6. The van der Waals surface area contributed by atoms with Crippen molar-refractivity contribution < 1.29 is 12.9 Å². The van der Waals surface area contributed by atoms with Gasteiger partial charge in [0.1, 0.15) is 5.25 Å². The van der Waals surface area contributed by atoms with Gasteiger partial charge in [-0.1, -0.05) is 11.6 Å². The summed E-state index contributed by atoms with van der Waals surface area (Å²) >= 11 is 0. The van der Waals surface area contributed by atoms with Gasteiger partial charge in [0, 0.05) is 5.92 Å². The predicted molar refractivity (Wildman–Crippen MR) is 69.5 cm³/mol. The molecular formula is C12H19N3O3S. The second kappa shape index (κ2) is 5.20. The summed E-state index contributed by atoms with van der Waals surface area (Å²) in [6.07, 6.45) is 4.23. The average Bonchev–Trinajstić information content (AvgIpc) is 2.88. The molecule has 1 aromatic rings. The molecule has 1 unspecified atom stereocenters. The van der Waals surface area contributed by atoms with Crippen LogP contribution in [0.3, 0.4) is 0 Å². The summed E-state index contributed by atoms with van der Waals surface area (Å²) in [7, 11) is -3.09. The lowest BCUT2D eigenvalue weighted by atomic mass is 9.98. The molecule has 6 nitrogen and oxygen atoms in total. The van der Waals surface area contributed by atoms with Crippen LogP contribution in [-0.4, -0.2) is 37.4 Å². The quantitative estimate of drug-likeness (QED) is 0.878. The topological polar surface area (TPSA) is 85.1 Å². The third kappa shape index (κ3) is 2.67. The maximum Gasteiger partial charge on any atom is 0.229 e. The lowest BCUT2D eigenvalue weighted by Crippen LogP contribution is -2.27. The van der Waals surface area contributed by atoms with Crippen molar-refractivity contribution in [3.63, 3.8) is 0 Å². The molecule has 106 valence electrons. The Bertz CT molecular complexity index is 534. The van der Waals surface area contributed by atoms with Crippen molar-refractivity contribution in [2.45, 2.75) is 43.3 Å². The summed E-state index contributed by atoms with van der Waals surface area (Å²) in [6, 6.07) is 0. The molecule has 1 N–H and O–H groups in total. The van der Waals surface area contributed by atoms with Crippen LogP contribution in [0.15, 0.2) is 4.52 Å². The minimum Gasteiger partial charge on any atom is -0.339 e. The van der Waals surface area contributed by atoms with E-state index in [2.05, 4.69) is 15.5 Å². The molecular weight excluding hydrogens is 266 g/mol. The number of nitrogens with one attached hydrogen (secondary N) is 1. The minimum absolute atomic E-state index is 0.245. The summed E-state index contributed by atoms with van der Waals surface area (Å²) in [6.45, 7) is 1.90. The van der Waals surface area contributed by atoms with Crippen LogP contribution in [0.25, 0.3) is 0 Å². The van der Waals surface area contributed by atoms with Crippen molar-refractivity contribution in [3.05, 3.63) is 11.7 Å². The highest BCUT2D eigenvalue weighted by Gasteiger charge is 2.34. The van der Waals surface area contributed by atoms with Crippen LogP contribution in [0.1, 0.15) is 55.0 Å². The smallest absolute Gasteiger partial charge is 0.229 e. The maximum absolute atomic E-state index is 12.0. The highest BCUT2D eigenvalue weighted by Crippen LogP contribution is 2.33. The Hall–Kier alpha value is -0.950. The Morgan fingerprint density at radius 3 is 2.68 bits per heavy atom. The van der Waals surface area contributed by atoms with Crippen LogP contribution in [-0.2, 0) is 9.84 Å². The van der Waals surface area contributed by atoms with Gasteiger partial charge >= 0.3 is 0 Å². The van der Waals surface area contributed by atoms with E-state index in [1.807, 2.05) is 0 Å². The Morgan fingerprint density at radius 1 is 1.16 bits per heavy atom. The van der Waals surface area contributed by atoms with Crippen molar-refractivity contribution in [3.8, 4) is 0 Å². The van der Waals surface area contributed by atoms with Crippen molar-refractivity contribution in [1.29, 1.82) is 0 Å². The number of sulfone groups is 1. The first-order valence-corrected chi connectivity index (χ1v) is 8.64. The lowest BCUT2D eigenvalue weighted by Gasteiger charge is -2.19. The second-order valence-corrected chi connectivity index (χ2v) is 7.67. The Kier molecular flexibility index (Phi) is 3.58. The fraction of sp³-hybridized carbons (Fsp3) is 0.833. The van der Waals surface area contributed by atoms with Gasteiger partial charge < -0.3 is 9.84 Å². The molecule has 0 aromatic carbocycles. The van der Waals surface area contributed by atoms with Gasteiger partial charge in [-0.25, -0.2) is 8.42 Å². The van der Waals surface area contributed by atoms with Crippen LogP contribution in [0.4, 0.5) is 0 Å². The molecule has 19 heavy (non-hydrogen) atoms. The van der Waals surface area contributed by atoms with Gasteiger partial charge in [0.05, 0.1) is 5.75 Å². The van der Waals surface area contributed by atoms with Gasteiger partial charge in [-0.05, 0) is 38.8 Å². The van der Waals surface area contributed by atoms with Crippen molar-refractivity contribution in [2.75, 3.05) is 18.8 Å². The van der Waals surface area contributed by atoms with Gasteiger partial charge in [-0.3, -0.25) is 0 Å². The van der Waals surface area contributed by atoms with E-state index in [9.17, 15) is 8.42 Å². The van der Waals surface area contributed by atoms with E-state index in [0.717, 1.165) is 38.8 Å². The highest BCUT2D eigenvalue weighted by molar-refractivity contribution is 7.91. The molecule has 2 saturated heterocycles. The third-order valence-electron chi connectivity index (χ3n) is 4.01. The molecule has 0 radical (unpaired) electrons. The summed E-state index contributed by atoms with van der Waals surface area (Å²) in [4.78, 5) is 4.37. The van der Waals surface area contributed by atoms with E-state index >= 15 is 0 Å². The van der Waals surface area contributed by atoms with Crippen molar-refractivity contribution in [2.24, 2.45) is 0 Å². The van der Waals surface area contributed by atoms with E-state index < -0.39 is 15.1 Å². The molecule has 0 amide bonds. The van der Waals surface area contributed by atoms with E-state index in [1.54, 1.807) is 0 Å². The summed E-state index contributed by atoms with van der Waals surface area (Å²) < 4.78 is 29.4. The molecule has 1 atom stereocenters. The Morgan fingerprint density at radius 2 is 1.95 bits per heavy atom. The van der Waals surface area contributed by atoms with Crippen molar-refractivity contribution in [1.82, 2.24) is 15.5 Å². The zero-order valence-electron chi connectivity index (χ0n) is 10.8. The standard InChI is InChI=1S/C12H19N3O3S/c16-19(17)8-2-1-3-10(19)11-14-12(18-15-11)9-4-6-13-7-5-9/h9-10,13H,1-8H2. The number of nitrogens with zero attached hydrogens (tertiary/aromatic N) is 2. The lowest BCUT2D eigenvalue weighted by molar-refractivity contribution is 0.317. The maximum atomic E-state index is 12.0. The molecule has 0 spiro atoms. The molecule has 0 bridgehead atoms.